The molecule has 2 aromatic heterocycles. The lowest BCUT2D eigenvalue weighted by Gasteiger charge is -2.06. The number of carbonyl (C=O) groups excluding carboxylic acids is 1. The van der Waals surface area contributed by atoms with Gasteiger partial charge >= 0.3 is 0 Å². The van der Waals surface area contributed by atoms with Gasteiger partial charge in [-0.1, -0.05) is 42.5 Å². The summed E-state index contributed by atoms with van der Waals surface area (Å²) in [5.41, 5.74) is 5.70. The van der Waals surface area contributed by atoms with Crippen molar-refractivity contribution in [3.63, 3.8) is 0 Å². The van der Waals surface area contributed by atoms with E-state index < -0.39 is 0 Å². The van der Waals surface area contributed by atoms with E-state index in [0.29, 0.717) is 5.69 Å². The zero-order valence-electron chi connectivity index (χ0n) is 16.7. The van der Waals surface area contributed by atoms with E-state index in [9.17, 15) is 4.79 Å². The summed E-state index contributed by atoms with van der Waals surface area (Å²) in [5, 5.41) is 3.99. The smallest absolute Gasteiger partial charge is 0.272 e. The van der Waals surface area contributed by atoms with Crippen LogP contribution in [0.2, 0.25) is 0 Å². The van der Waals surface area contributed by atoms with Crippen molar-refractivity contribution >= 4 is 33.5 Å². The Morgan fingerprint density at radius 2 is 1.73 bits per heavy atom. The molecule has 5 aromatic rings. The summed E-state index contributed by atoms with van der Waals surface area (Å²) < 4.78 is 2.16. The van der Waals surface area contributed by atoms with Crippen LogP contribution in [-0.2, 0) is 19.9 Å². The Bertz CT molecular complexity index is 1310. The highest BCUT2D eigenvalue weighted by molar-refractivity contribution is 6.05. The van der Waals surface area contributed by atoms with Gasteiger partial charge in [0.1, 0.15) is 11.5 Å². The zero-order valence-corrected chi connectivity index (χ0v) is 16.7. The normalized spacial score (nSPS) is 11.2. The summed E-state index contributed by atoms with van der Waals surface area (Å²) in [6, 6.07) is 25.9. The van der Waals surface area contributed by atoms with Gasteiger partial charge in [-0.25, -0.2) is 4.98 Å². The number of imidazole rings is 1. The lowest BCUT2D eigenvalue weighted by molar-refractivity contribution is 0.102. The molecule has 3 aromatic carbocycles. The number of benzene rings is 3. The quantitative estimate of drug-likeness (QED) is 0.436. The molecule has 1 amide bonds. The number of nitrogens with zero attached hydrogens (tertiary/aromatic N) is 2. The molecule has 0 radical (unpaired) electrons. The third-order valence-electron chi connectivity index (χ3n) is 5.50. The largest absolute Gasteiger partial charge is 0.351 e. The Balaban J connectivity index is 1.24. The Morgan fingerprint density at radius 1 is 0.967 bits per heavy atom. The summed E-state index contributed by atoms with van der Waals surface area (Å²) in [5.74, 6) is 0.936. The fraction of sp³-hybridized carbons (Fsp3) is 0.120. The number of carbonyl (C=O) groups is 1. The van der Waals surface area contributed by atoms with Crippen molar-refractivity contribution in [1.82, 2.24) is 14.5 Å². The fourth-order valence-corrected chi connectivity index (χ4v) is 3.82. The molecule has 0 unspecified atom stereocenters. The maximum atomic E-state index is 12.5. The molecule has 148 valence electrons. The summed E-state index contributed by atoms with van der Waals surface area (Å²) in [4.78, 5) is 20.4. The molecule has 2 N–H and O–H groups in total. The molecule has 0 fully saturated rings. The van der Waals surface area contributed by atoms with Gasteiger partial charge in [0.15, 0.2) is 0 Å². The van der Waals surface area contributed by atoms with Crippen LogP contribution in [0, 0.1) is 0 Å². The number of hydrogen-bond donors (Lipinski definition) is 2. The average molecular weight is 394 g/mol. The number of hydrogen-bond acceptors (Lipinski definition) is 2. The van der Waals surface area contributed by atoms with Crippen molar-refractivity contribution in [2.75, 3.05) is 5.32 Å². The highest BCUT2D eigenvalue weighted by Gasteiger charge is 2.10. The maximum absolute atomic E-state index is 12.5. The van der Waals surface area contributed by atoms with E-state index >= 15 is 0 Å². The first kappa shape index (κ1) is 18.2. The second-order valence-corrected chi connectivity index (χ2v) is 7.50. The lowest BCUT2D eigenvalue weighted by atomic mass is 10.1. The van der Waals surface area contributed by atoms with Gasteiger partial charge in [0.05, 0.1) is 11.0 Å². The number of amides is 1. The van der Waals surface area contributed by atoms with Gasteiger partial charge in [-0.05, 0) is 48.4 Å². The molecule has 0 aliphatic carbocycles. The average Bonchev–Trinajstić information content (AvgIpc) is 3.35. The van der Waals surface area contributed by atoms with Gasteiger partial charge < -0.3 is 14.9 Å². The number of aryl methyl sites for hydroxylation is 3. The Labute approximate surface area is 174 Å². The Morgan fingerprint density at radius 3 is 2.53 bits per heavy atom. The van der Waals surface area contributed by atoms with Crippen LogP contribution in [0.5, 0.6) is 0 Å². The second kappa shape index (κ2) is 7.52. The number of aromatic amines is 1. The molecular formula is C25H22N4O. The molecule has 0 aliphatic rings. The molecule has 0 aliphatic heterocycles. The first-order chi connectivity index (χ1) is 14.7. The van der Waals surface area contributed by atoms with Crippen molar-refractivity contribution in [1.29, 1.82) is 0 Å². The van der Waals surface area contributed by atoms with Crippen LogP contribution in [0.25, 0.3) is 21.9 Å². The minimum atomic E-state index is -0.140. The predicted molar refractivity (Wildman–Crippen MR) is 121 cm³/mol. The van der Waals surface area contributed by atoms with Crippen molar-refractivity contribution in [3.8, 4) is 0 Å². The van der Waals surface area contributed by atoms with E-state index in [2.05, 4.69) is 40.1 Å². The van der Waals surface area contributed by atoms with Gasteiger partial charge in [0.2, 0.25) is 0 Å². The standard InChI is InChI=1S/C25H22N4O/c1-29-23-9-5-4-8-21(23)28-24(29)15-12-17-10-13-19(14-11-17)26-25(30)22-16-18-6-2-3-7-20(18)27-22/h2-11,13-14,16,27H,12,15H2,1H3,(H,26,30). The van der Waals surface area contributed by atoms with Crippen LogP contribution in [0.15, 0.2) is 78.9 Å². The topological polar surface area (TPSA) is 62.7 Å². The summed E-state index contributed by atoms with van der Waals surface area (Å²) in [6.45, 7) is 0. The molecule has 5 rings (SSSR count). The summed E-state index contributed by atoms with van der Waals surface area (Å²) in [7, 11) is 2.06. The lowest BCUT2D eigenvalue weighted by Crippen LogP contribution is -2.12. The van der Waals surface area contributed by atoms with Crippen LogP contribution in [0.1, 0.15) is 21.9 Å². The first-order valence-corrected chi connectivity index (χ1v) is 10.1. The third kappa shape index (κ3) is 3.46. The van der Waals surface area contributed by atoms with Gasteiger partial charge in [-0.2, -0.15) is 0 Å². The van der Waals surface area contributed by atoms with E-state index in [1.807, 2.05) is 60.7 Å². The molecule has 5 nitrogen and oxygen atoms in total. The van der Waals surface area contributed by atoms with Crippen molar-refractivity contribution < 1.29 is 4.79 Å². The zero-order chi connectivity index (χ0) is 20.5. The number of H-pyrrole nitrogens is 1. The maximum Gasteiger partial charge on any atom is 0.272 e. The molecule has 0 bridgehead atoms. The van der Waals surface area contributed by atoms with Gasteiger partial charge in [-0.3, -0.25) is 4.79 Å². The molecule has 0 atom stereocenters. The highest BCUT2D eigenvalue weighted by atomic mass is 16.1. The van der Waals surface area contributed by atoms with Crippen LogP contribution < -0.4 is 5.32 Å². The van der Waals surface area contributed by atoms with Crippen molar-refractivity contribution in [2.24, 2.45) is 7.05 Å². The number of fused-ring (bicyclic) bond motifs is 2. The van der Waals surface area contributed by atoms with Gasteiger partial charge in [-0.15, -0.1) is 0 Å². The first-order valence-electron chi connectivity index (χ1n) is 10.1. The third-order valence-corrected chi connectivity index (χ3v) is 5.50. The number of nitrogens with one attached hydrogen (secondary N) is 2. The highest BCUT2D eigenvalue weighted by Crippen LogP contribution is 2.18. The van der Waals surface area contributed by atoms with Crippen LogP contribution in [0.3, 0.4) is 0 Å². The fourth-order valence-electron chi connectivity index (χ4n) is 3.82. The van der Waals surface area contributed by atoms with Crippen LogP contribution in [-0.4, -0.2) is 20.4 Å². The van der Waals surface area contributed by atoms with Crippen molar-refractivity contribution in [2.45, 2.75) is 12.8 Å². The number of rotatable bonds is 5. The molecule has 5 heteroatoms. The number of aromatic nitrogens is 3. The van der Waals surface area contributed by atoms with E-state index in [4.69, 9.17) is 4.98 Å². The summed E-state index contributed by atoms with van der Waals surface area (Å²) in [6.07, 6.45) is 1.76. The Kier molecular flexibility index (Phi) is 4.56. The minimum absolute atomic E-state index is 0.140. The number of anilines is 1. The molecule has 0 saturated carbocycles. The van der Waals surface area contributed by atoms with E-state index in [1.165, 1.54) is 5.56 Å². The molecular weight excluding hydrogens is 372 g/mol. The van der Waals surface area contributed by atoms with Crippen LogP contribution >= 0.6 is 0 Å². The molecule has 2 heterocycles. The van der Waals surface area contributed by atoms with E-state index in [1.54, 1.807) is 0 Å². The molecule has 30 heavy (non-hydrogen) atoms. The predicted octanol–water partition coefficient (Wildman–Crippen LogP) is 5.09. The van der Waals surface area contributed by atoms with Crippen molar-refractivity contribution in [3.05, 3.63) is 95.9 Å². The SMILES string of the molecule is Cn1c(CCc2ccc(NC(=O)c3cc4ccccc4[nH]3)cc2)nc2ccccc21. The van der Waals surface area contributed by atoms with E-state index in [-0.39, 0.29) is 5.91 Å². The van der Waals surface area contributed by atoms with E-state index in [0.717, 1.165) is 46.3 Å². The second-order valence-electron chi connectivity index (χ2n) is 7.50. The minimum Gasteiger partial charge on any atom is -0.351 e. The van der Waals surface area contributed by atoms with Crippen LogP contribution in [0.4, 0.5) is 5.69 Å². The monoisotopic (exact) mass is 394 g/mol. The molecule has 0 spiro atoms. The number of para-hydroxylation sites is 3. The van der Waals surface area contributed by atoms with Gasteiger partial charge in [0, 0.05) is 30.1 Å². The molecule has 0 saturated heterocycles. The summed E-state index contributed by atoms with van der Waals surface area (Å²) >= 11 is 0. The van der Waals surface area contributed by atoms with Gasteiger partial charge in [0.25, 0.3) is 5.91 Å². The Hall–Kier alpha value is -3.86.